The van der Waals surface area contributed by atoms with Gasteiger partial charge >= 0.3 is 0 Å². The predicted molar refractivity (Wildman–Crippen MR) is 56.7 cm³/mol. The molecule has 1 aromatic carbocycles. The standard InChI is InChI=1S/C11H13ClF2O/c1-7(2)11(13,14)9-5-4-8(15-3)6-10(9)12/h4-7H,1-3H3. The molecule has 1 aromatic rings. The Morgan fingerprint density at radius 1 is 1.33 bits per heavy atom. The van der Waals surface area contributed by atoms with Crippen LogP contribution in [0.5, 0.6) is 5.75 Å². The fourth-order valence-corrected chi connectivity index (χ4v) is 1.50. The molecule has 0 radical (unpaired) electrons. The first-order chi connectivity index (χ1) is 6.89. The Morgan fingerprint density at radius 2 is 1.93 bits per heavy atom. The van der Waals surface area contributed by atoms with Gasteiger partial charge in [-0.1, -0.05) is 25.4 Å². The van der Waals surface area contributed by atoms with Crippen LogP contribution in [0.25, 0.3) is 0 Å². The van der Waals surface area contributed by atoms with E-state index in [1.54, 1.807) is 0 Å². The average Bonchev–Trinajstić information content (AvgIpc) is 2.16. The number of ether oxygens (including phenoxy) is 1. The first kappa shape index (κ1) is 12.2. The molecule has 0 saturated carbocycles. The van der Waals surface area contributed by atoms with Crippen LogP contribution < -0.4 is 4.74 Å². The van der Waals surface area contributed by atoms with Gasteiger partial charge in [0.2, 0.25) is 0 Å². The van der Waals surface area contributed by atoms with E-state index in [-0.39, 0.29) is 10.6 Å². The van der Waals surface area contributed by atoms with Gasteiger partial charge in [0.25, 0.3) is 5.92 Å². The Bertz CT molecular complexity index is 350. The third kappa shape index (κ3) is 2.40. The summed E-state index contributed by atoms with van der Waals surface area (Å²) in [6.07, 6.45) is 0. The Balaban J connectivity index is 3.16. The summed E-state index contributed by atoms with van der Waals surface area (Å²) in [6, 6.07) is 4.19. The van der Waals surface area contributed by atoms with Crippen LogP contribution in [-0.4, -0.2) is 7.11 Å². The summed E-state index contributed by atoms with van der Waals surface area (Å²) in [5, 5.41) is 0.0352. The third-order valence-electron chi connectivity index (χ3n) is 2.26. The van der Waals surface area contributed by atoms with Crippen molar-refractivity contribution < 1.29 is 13.5 Å². The van der Waals surface area contributed by atoms with E-state index in [4.69, 9.17) is 16.3 Å². The van der Waals surface area contributed by atoms with Gasteiger partial charge in [0.05, 0.1) is 12.1 Å². The van der Waals surface area contributed by atoms with Crippen LogP contribution in [0.3, 0.4) is 0 Å². The van der Waals surface area contributed by atoms with Crippen LogP contribution in [0, 0.1) is 5.92 Å². The zero-order valence-corrected chi connectivity index (χ0v) is 9.61. The van der Waals surface area contributed by atoms with Crippen LogP contribution >= 0.6 is 11.6 Å². The monoisotopic (exact) mass is 234 g/mol. The molecular formula is C11H13ClF2O. The summed E-state index contributed by atoms with van der Waals surface area (Å²) in [7, 11) is 1.46. The summed E-state index contributed by atoms with van der Waals surface area (Å²) in [6.45, 7) is 2.92. The second kappa shape index (κ2) is 4.35. The molecule has 84 valence electrons. The lowest BCUT2D eigenvalue weighted by Gasteiger charge is -2.22. The maximum absolute atomic E-state index is 13.6. The number of halogens is 3. The summed E-state index contributed by atoms with van der Waals surface area (Å²) in [5.41, 5.74) is -0.153. The van der Waals surface area contributed by atoms with Crippen LogP contribution in [0.4, 0.5) is 8.78 Å². The molecule has 4 heteroatoms. The number of benzene rings is 1. The first-order valence-corrected chi connectivity index (χ1v) is 4.99. The van der Waals surface area contributed by atoms with E-state index < -0.39 is 11.8 Å². The van der Waals surface area contributed by atoms with Crippen molar-refractivity contribution in [1.82, 2.24) is 0 Å². The second-order valence-corrected chi connectivity index (χ2v) is 4.03. The zero-order chi connectivity index (χ0) is 11.6. The van der Waals surface area contributed by atoms with E-state index >= 15 is 0 Å². The van der Waals surface area contributed by atoms with E-state index in [9.17, 15) is 8.78 Å². The molecule has 1 rings (SSSR count). The minimum absolute atomic E-state index is 0.0352. The van der Waals surface area contributed by atoms with Crippen molar-refractivity contribution in [2.75, 3.05) is 7.11 Å². The van der Waals surface area contributed by atoms with Gasteiger partial charge in [-0.25, -0.2) is 8.78 Å². The first-order valence-electron chi connectivity index (χ1n) is 4.61. The molecule has 0 aliphatic rings. The van der Waals surface area contributed by atoms with Crippen molar-refractivity contribution >= 4 is 11.6 Å². The Hall–Kier alpha value is -0.830. The predicted octanol–water partition coefficient (Wildman–Crippen LogP) is 4.10. The lowest BCUT2D eigenvalue weighted by molar-refractivity contribution is -0.0512. The average molecular weight is 235 g/mol. The van der Waals surface area contributed by atoms with Crippen LogP contribution in [0.1, 0.15) is 19.4 Å². The minimum Gasteiger partial charge on any atom is -0.497 e. The van der Waals surface area contributed by atoms with Crippen molar-refractivity contribution in [2.45, 2.75) is 19.8 Å². The molecule has 0 aromatic heterocycles. The van der Waals surface area contributed by atoms with Gasteiger partial charge in [0.15, 0.2) is 0 Å². The zero-order valence-electron chi connectivity index (χ0n) is 8.85. The van der Waals surface area contributed by atoms with Crippen molar-refractivity contribution in [3.8, 4) is 5.75 Å². The fraction of sp³-hybridized carbons (Fsp3) is 0.455. The number of rotatable bonds is 3. The van der Waals surface area contributed by atoms with E-state index in [0.717, 1.165) is 0 Å². The van der Waals surface area contributed by atoms with E-state index in [0.29, 0.717) is 5.75 Å². The highest BCUT2D eigenvalue weighted by atomic mass is 35.5. The Kier molecular flexibility index (Phi) is 3.55. The molecule has 0 spiro atoms. The number of hydrogen-bond donors (Lipinski definition) is 0. The van der Waals surface area contributed by atoms with Gasteiger partial charge < -0.3 is 4.74 Å². The largest absolute Gasteiger partial charge is 0.497 e. The van der Waals surface area contributed by atoms with Gasteiger partial charge in [0.1, 0.15) is 5.75 Å². The van der Waals surface area contributed by atoms with Crippen molar-refractivity contribution in [3.63, 3.8) is 0 Å². The number of hydrogen-bond acceptors (Lipinski definition) is 1. The summed E-state index contributed by atoms with van der Waals surface area (Å²) in [4.78, 5) is 0. The van der Waals surface area contributed by atoms with Crippen LogP contribution in [0.15, 0.2) is 18.2 Å². The van der Waals surface area contributed by atoms with Crippen molar-refractivity contribution in [3.05, 3.63) is 28.8 Å². The molecule has 0 unspecified atom stereocenters. The minimum atomic E-state index is -2.91. The molecule has 0 bridgehead atoms. The summed E-state index contributed by atoms with van der Waals surface area (Å²) < 4.78 is 32.2. The molecule has 0 atom stereocenters. The van der Waals surface area contributed by atoms with Gasteiger partial charge in [-0.2, -0.15) is 0 Å². The smallest absolute Gasteiger partial charge is 0.276 e. The normalized spacial score (nSPS) is 11.9. The fourth-order valence-electron chi connectivity index (χ4n) is 1.20. The molecule has 0 fully saturated rings. The van der Waals surface area contributed by atoms with Crippen LogP contribution in [-0.2, 0) is 5.92 Å². The molecule has 0 saturated heterocycles. The molecular weight excluding hydrogens is 222 g/mol. The summed E-state index contributed by atoms with van der Waals surface area (Å²) >= 11 is 5.78. The highest BCUT2D eigenvalue weighted by molar-refractivity contribution is 6.31. The van der Waals surface area contributed by atoms with Crippen LogP contribution in [0.2, 0.25) is 5.02 Å². The molecule has 0 N–H and O–H groups in total. The molecule has 0 amide bonds. The van der Waals surface area contributed by atoms with Gasteiger partial charge in [-0.15, -0.1) is 0 Å². The topological polar surface area (TPSA) is 9.23 Å². The molecule has 0 aliphatic carbocycles. The highest BCUT2D eigenvalue weighted by Gasteiger charge is 2.37. The Labute approximate surface area is 93.0 Å². The van der Waals surface area contributed by atoms with Crippen molar-refractivity contribution in [1.29, 1.82) is 0 Å². The molecule has 0 aliphatic heterocycles. The van der Waals surface area contributed by atoms with E-state index in [1.807, 2.05) is 0 Å². The van der Waals surface area contributed by atoms with E-state index in [2.05, 4.69) is 0 Å². The van der Waals surface area contributed by atoms with Gasteiger partial charge in [-0.05, 0) is 18.2 Å². The highest BCUT2D eigenvalue weighted by Crippen LogP contribution is 2.40. The summed E-state index contributed by atoms with van der Waals surface area (Å²) in [5.74, 6) is -3.23. The number of alkyl halides is 2. The van der Waals surface area contributed by atoms with E-state index in [1.165, 1.54) is 39.2 Å². The lowest BCUT2D eigenvalue weighted by atomic mass is 9.98. The molecule has 1 nitrogen and oxygen atoms in total. The third-order valence-corrected chi connectivity index (χ3v) is 2.57. The maximum atomic E-state index is 13.6. The molecule has 0 heterocycles. The SMILES string of the molecule is COc1ccc(C(F)(F)C(C)C)c(Cl)c1. The maximum Gasteiger partial charge on any atom is 0.276 e. The van der Waals surface area contributed by atoms with Crippen molar-refractivity contribution in [2.24, 2.45) is 5.92 Å². The lowest BCUT2D eigenvalue weighted by Crippen LogP contribution is -2.21. The number of methoxy groups -OCH3 is 1. The molecule has 15 heavy (non-hydrogen) atoms. The van der Waals surface area contributed by atoms with Gasteiger partial charge in [-0.3, -0.25) is 0 Å². The second-order valence-electron chi connectivity index (χ2n) is 3.62. The quantitative estimate of drug-likeness (QED) is 0.765. The Morgan fingerprint density at radius 3 is 2.33 bits per heavy atom. The van der Waals surface area contributed by atoms with Gasteiger partial charge in [0, 0.05) is 11.5 Å².